The number of methoxy groups -OCH3 is 1. The molecule has 1 aromatic carbocycles. The van der Waals surface area contributed by atoms with Crippen LogP contribution >= 0.6 is 0 Å². The van der Waals surface area contributed by atoms with Crippen molar-refractivity contribution >= 4 is 23.9 Å². The van der Waals surface area contributed by atoms with Gasteiger partial charge in [0, 0.05) is 31.2 Å². The number of aromatic nitrogens is 4. The molecule has 0 radical (unpaired) electrons. The Balaban J connectivity index is 1.82. The lowest BCUT2D eigenvalue weighted by Gasteiger charge is -2.11. The molecule has 3 rings (SSSR count). The number of nitriles is 1. The zero-order chi connectivity index (χ0) is 24.1. The van der Waals surface area contributed by atoms with Crippen molar-refractivity contribution in [3.63, 3.8) is 0 Å². The van der Waals surface area contributed by atoms with E-state index < -0.39 is 5.97 Å². The maximum atomic E-state index is 12.6. The molecule has 0 fully saturated rings. The molecule has 3 aromatic rings. The average molecular weight is 447 g/mol. The molecule has 0 spiro atoms. The number of aryl methyl sites for hydroxylation is 1. The van der Waals surface area contributed by atoms with Gasteiger partial charge in [-0.05, 0) is 55.8 Å². The van der Waals surface area contributed by atoms with Gasteiger partial charge >= 0.3 is 5.97 Å². The van der Waals surface area contributed by atoms with Gasteiger partial charge in [-0.25, -0.2) is 4.79 Å². The van der Waals surface area contributed by atoms with Gasteiger partial charge in [0.05, 0.1) is 7.11 Å². The van der Waals surface area contributed by atoms with Crippen LogP contribution in [0.15, 0.2) is 35.9 Å². The molecule has 2 N–H and O–H groups in total. The highest BCUT2D eigenvalue weighted by Crippen LogP contribution is 2.24. The monoisotopic (exact) mass is 447 g/mol. The molecule has 10 heteroatoms. The molecule has 0 aliphatic carbocycles. The van der Waals surface area contributed by atoms with Crippen molar-refractivity contribution in [3.05, 3.63) is 58.7 Å². The molecule has 0 aliphatic heterocycles. The fraction of sp³-hybridized carbons (Fsp3) is 0.261. The number of carbonyl (C=O) groups excluding carboxylic acids is 1. The largest absolute Gasteiger partial charge is 0.497 e. The van der Waals surface area contributed by atoms with E-state index in [-0.39, 0.29) is 24.0 Å². The van der Waals surface area contributed by atoms with Crippen LogP contribution in [-0.2, 0) is 16.1 Å². The van der Waals surface area contributed by atoms with Crippen molar-refractivity contribution in [2.24, 2.45) is 0 Å². The zero-order valence-corrected chi connectivity index (χ0v) is 19.2. The Morgan fingerprint density at radius 1 is 1.21 bits per heavy atom. The fourth-order valence-corrected chi connectivity index (χ4v) is 3.25. The molecule has 0 aliphatic rings. The first-order valence-corrected chi connectivity index (χ1v) is 10.0. The van der Waals surface area contributed by atoms with Crippen LogP contribution in [0.5, 0.6) is 5.75 Å². The summed E-state index contributed by atoms with van der Waals surface area (Å²) in [5, 5.41) is 9.55. The van der Waals surface area contributed by atoms with Crippen LogP contribution in [0.25, 0.3) is 11.8 Å². The van der Waals surface area contributed by atoms with Crippen molar-refractivity contribution < 1.29 is 14.3 Å². The first-order chi connectivity index (χ1) is 15.7. The normalized spacial score (nSPS) is 11.1. The molecular formula is C23H25N7O3. The van der Waals surface area contributed by atoms with Gasteiger partial charge in [0.1, 0.15) is 17.4 Å². The molecule has 0 unspecified atom stereocenters. The summed E-state index contributed by atoms with van der Waals surface area (Å²) in [6, 6.07) is 11.4. The first kappa shape index (κ1) is 23.3. The van der Waals surface area contributed by atoms with E-state index in [9.17, 15) is 10.1 Å². The predicted octanol–water partition coefficient (Wildman–Crippen LogP) is 2.59. The summed E-state index contributed by atoms with van der Waals surface area (Å²) in [4.78, 5) is 26.3. The molecule has 0 amide bonds. The highest BCUT2D eigenvalue weighted by atomic mass is 16.5. The summed E-state index contributed by atoms with van der Waals surface area (Å²) < 4.78 is 12.5. The summed E-state index contributed by atoms with van der Waals surface area (Å²) in [6.45, 7) is 3.63. The molecule has 170 valence electrons. The van der Waals surface area contributed by atoms with E-state index in [2.05, 4.69) is 15.0 Å². The molecule has 0 bridgehead atoms. The Bertz CT molecular complexity index is 1240. The maximum absolute atomic E-state index is 12.6. The zero-order valence-electron chi connectivity index (χ0n) is 19.2. The summed E-state index contributed by atoms with van der Waals surface area (Å²) in [7, 11) is 5.12. The van der Waals surface area contributed by atoms with Crippen LogP contribution in [0, 0.1) is 25.2 Å². The second-order valence-corrected chi connectivity index (χ2v) is 7.41. The van der Waals surface area contributed by atoms with Crippen LogP contribution in [0.3, 0.4) is 0 Å². The van der Waals surface area contributed by atoms with E-state index in [0.717, 1.165) is 28.4 Å². The van der Waals surface area contributed by atoms with Crippen LogP contribution in [0.1, 0.15) is 22.8 Å². The highest BCUT2D eigenvalue weighted by molar-refractivity contribution is 5.98. The number of benzene rings is 1. The van der Waals surface area contributed by atoms with Gasteiger partial charge in [-0.15, -0.1) is 0 Å². The minimum absolute atomic E-state index is 0.0155. The number of rotatable bonds is 7. The molecule has 0 saturated carbocycles. The molecule has 2 aromatic heterocycles. The number of anilines is 2. The SMILES string of the molecule is COc1ccc(-n2c(C)cc(/C=C(\C#N)C(=O)OCc3nc(N)nc(N(C)C)n3)c2C)cc1. The quantitative estimate of drug-likeness (QED) is 0.330. The Morgan fingerprint density at radius 3 is 2.52 bits per heavy atom. The number of esters is 1. The van der Waals surface area contributed by atoms with E-state index in [1.54, 1.807) is 26.1 Å². The molecule has 10 nitrogen and oxygen atoms in total. The van der Waals surface area contributed by atoms with Gasteiger partial charge in [-0.3, -0.25) is 0 Å². The van der Waals surface area contributed by atoms with Gasteiger partial charge in [0.25, 0.3) is 0 Å². The maximum Gasteiger partial charge on any atom is 0.349 e. The third-order valence-electron chi connectivity index (χ3n) is 4.86. The highest BCUT2D eigenvalue weighted by Gasteiger charge is 2.16. The van der Waals surface area contributed by atoms with Crippen LogP contribution < -0.4 is 15.4 Å². The Morgan fingerprint density at radius 2 is 1.91 bits per heavy atom. The van der Waals surface area contributed by atoms with E-state index in [0.29, 0.717) is 5.95 Å². The topological polar surface area (TPSA) is 132 Å². The smallest absolute Gasteiger partial charge is 0.349 e. The van der Waals surface area contributed by atoms with Crippen molar-refractivity contribution in [1.82, 2.24) is 19.5 Å². The summed E-state index contributed by atoms with van der Waals surface area (Å²) in [5.41, 5.74) is 9.05. The second-order valence-electron chi connectivity index (χ2n) is 7.41. The summed E-state index contributed by atoms with van der Waals surface area (Å²) in [5.74, 6) is 0.525. The van der Waals surface area contributed by atoms with E-state index >= 15 is 0 Å². The molecule has 0 saturated heterocycles. The standard InChI is InChI=1S/C23H25N7O3/c1-14-10-16(15(2)30(14)18-6-8-19(32-5)9-7-18)11-17(12-24)21(31)33-13-20-26-22(25)28-23(27-20)29(3)4/h6-11H,13H2,1-5H3,(H2,25,26,27,28)/b17-11+. The minimum Gasteiger partial charge on any atom is -0.497 e. The molecule has 33 heavy (non-hydrogen) atoms. The minimum atomic E-state index is -0.780. The van der Waals surface area contributed by atoms with Gasteiger partial charge in [0.2, 0.25) is 11.9 Å². The summed E-state index contributed by atoms with van der Waals surface area (Å²) >= 11 is 0. The van der Waals surface area contributed by atoms with Crippen molar-refractivity contribution in [3.8, 4) is 17.5 Å². The van der Waals surface area contributed by atoms with E-state index in [4.69, 9.17) is 15.2 Å². The number of nitrogens with zero attached hydrogens (tertiary/aromatic N) is 6. The van der Waals surface area contributed by atoms with Crippen LogP contribution in [0.4, 0.5) is 11.9 Å². The number of ether oxygens (including phenoxy) is 2. The third-order valence-corrected chi connectivity index (χ3v) is 4.86. The molecular weight excluding hydrogens is 422 g/mol. The Labute approximate surface area is 191 Å². The van der Waals surface area contributed by atoms with E-state index in [1.807, 2.05) is 54.8 Å². The van der Waals surface area contributed by atoms with Crippen molar-refractivity contribution in [2.75, 3.05) is 31.8 Å². The number of carbonyl (C=O) groups is 1. The Kier molecular flexibility index (Phi) is 6.93. The van der Waals surface area contributed by atoms with Crippen LogP contribution in [-0.4, -0.2) is 46.7 Å². The lowest BCUT2D eigenvalue weighted by atomic mass is 10.1. The predicted molar refractivity (Wildman–Crippen MR) is 124 cm³/mol. The number of hydrogen-bond donors (Lipinski definition) is 1. The number of hydrogen-bond acceptors (Lipinski definition) is 9. The fourth-order valence-electron chi connectivity index (χ4n) is 3.25. The van der Waals surface area contributed by atoms with Crippen molar-refractivity contribution in [2.45, 2.75) is 20.5 Å². The molecule has 0 atom stereocenters. The van der Waals surface area contributed by atoms with Gasteiger partial charge < -0.3 is 24.7 Å². The lowest BCUT2D eigenvalue weighted by Crippen LogP contribution is -2.17. The summed E-state index contributed by atoms with van der Waals surface area (Å²) in [6.07, 6.45) is 1.51. The van der Waals surface area contributed by atoms with E-state index in [1.165, 1.54) is 6.08 Å². The first-order valence-electron chi connectivity index (χ1n) is 10.0. The van der Waals surface area contributed by atoms with Gasteiger partial charge in [0.15, 0.2) is 12.4 Å². The van der Waals surface area contributed by atoms with Gasteiger partial charge in [-0.1, -0.05) is 0 Å². The lowest BCUT2D eigenvalue weighted by molar-refractivity contribution is -0.139. The van der Waals surface area contributed by atoms with Crippen LogP contribution in [0.2, 0.25) is 0 Å². The number of nitrogens with two attached hydrogens (primary N) is 1. The number of nitrogen functional groups attached to an aromatic ring is 1. The Hall–Kier alpha value is -4.39. The van der Waals surface area contributed by atoms with Gasteiger partial charge in [-0.2, -0.15) is 20.2 Å². The molecule has 2 heterocycles. The van der Waals surface area contributed by atoms with Crippen molar-refractivity contribution in [1.29, 1.82) is 5.26 Å². The third kappa shape index (κ3) is 5.27. The second kappa shape index (κ2) is 9.82. The average Bonchev–Trinajstić information content (AvgIpc) is 3.08.